The Kier molecular flexibility index (Phi) is 3.74. The molecule has 70 valence electrons. The molecular weight excluding hydrogens is 255 g/mol. The third-order valence-electron chi connectivity index (χ3n) is 1.39. The maximum atomic E-state index is 12.8. The van der Waals surface area contributed by atoms with Crippen molar-refractivity contribution in [3.63, 3.8) is 0 Å². The van der Waals surface area contributed by atoms with Gasteiger partial charge in [-0.3, -0.25) is 5.41 Å². The lowest BCUT2D eigenvalue weighted by Gasteiger charge is -2.02. The van der Waals surface area contributed by atoms with Gasteiger partial charge in [0.05, 0.1) is 0 Å². The number of thioether (sulfide) groups is 1. The van der Waals surface area contributed by atoms with Gasteiger partial charge in [0.25, 0.3) is 0 Å². The van der Waals surface area contributed by atoms with Crippen molar-refractivity contribution in [2.24, 2.45) is 5.73 Å². The van der Waals surface area contributed by atoms with Gasteiger partial charge in [0.1, 0.15) is 5.82 Å². The van der Waals surface area contributed by atoms with Gasteiger partial charge in [0.15, 0.2) is 5.17 Å². The van der Waals surface area contributed by atoms with Crippen LogP contribution in [0.1, 0.15) is 5.56 Å². The molecule has 0 saturated carbocycles. The van der Waals surface area contributed by atoms with Gasteiger partial charge in [0.2, 0.25) is 0 Å². The summed E-state index contributed by atoms with van der Waals surface area (Å²) in [5.41, 5.74) is 5.97. The second-order valence-electron chi connectivity index (χ2n) is 2.39. The fraction of sp³-hybridized carbons (Fsp3) is 0.125. The second-order valence-corrected chi connectivity index (χ2v) is 4.26. The molecule has 0 bridgehead atoms. The van der Waals surface area contributed by atoms with Crippen LogP contribution in [0.15, 0.2) is 22.7 Å². The first-order valence-electron chi connectivity index (χ1n) is 3.50. The number of benzene rings is 1. The first kappa shape index (κ1) is 10.5. The predicted octanol–water partition coefficient (Wildman–Crippen LogP) is 2.71. The fourth-order valence-electron chi connectivity index (χ4n) is 0.809. The van der Waals surface area contributed by atoms with E-state index < -0.39 is 0 Å². The van der Waals surface area contributed by atoms with Gasteiger partial charge in [-0.2, -0.15) is 0 Å². The van der Waals surface area contributed by atoms with E-state index in [0.29, 0.717) is 5.75 Å². The standard InChI is InChI=1S/C8H8BrFN2S/c9-7-2-1-6(10)3-5(7)4-13-8(11)12/h1-3H,4H2,(H3,11,12). The van der Waals surface area contributed by atoms with E-state index in [9.17, 15) is 4.39 Å². The van der Waals surface area contributed by atoms with Crippen LogP contribution < -0.4 is 5.73 Å². The molecule has 5 heteroatoms. The van der Waals surface area contributed by atoms with Crippen molar-refractivity contribution in [3.05, 3.63) is 34.1 Å². The molecule has 0 aliphatic heterocycles. The Labute approximate surface area is 88.3 Å². The van der Waals surface area contributed by atoms with Gasteiger partial charge < -0.3 is 5.73 Å². The molecule has 0 saturated heterocycles. The molecule has 13 heavy (non-hydrogen) atoms. The van der Waals surface area contributed by atoms with Crippen molar-refractivity contribution in [2.45, 2.75) is 5.75 Å². The van der Waals surface area contributed by atoms with Crippen LogP contribution in [0, 0.1) is 11.2 Å². The highest BCUT2D eigenvalue weighted by molar-refractivity contribution is 9.10. The Morgan fingerprint density at radius 2 is 2.31 bits per heavy atom. The maximum Gasteiger partial charge on any atom is 0.151 e. The summed E-state index contributed by atoms with van der Waals surface area (Å²) in [5.74, 6) is 0.232. The summed E-state index contributed by atoms with van der Waals surface area (Å²) in [5, 5.41) is 7.04. The number of hydrogen-bond donors (Lipinski definition) is 2. The first-order valence-corrected chi connectivity index (χ1v) is 5.28. The minimum atomic E-state index is -0.276. The maximum absolute atomic E-state index is 12.8. The van der Waals surface area contributed by atoms with Gasteiger partial charge in [-0.15, -0.1) is 0 Å². The van der Waals surface area contributed by atoms with Crippen molar-refractivity contribution in [1.82, 2.24) is 0 Å². The van der Waals surface area contributed by atoms with E-state index >= 15 is 0 Å². The van der Waals surface area contributed by atoms with Crippen LogP contribution in [-0.2, 0) is 5.75 Å². The molecule has 0 unspecified atom stereocenters. The van der Waals surface area contributed by atoms with Crippen LogP contribution in [0.5, 0.6) is 0 Å². The summed E-state index contributed by atoms with van der Waals surface area (Å²) in [4.78, 5) is 0. The zero-order valence-corrected chi connectivity index (χ0v) is 9.08. The molecule has 0 radical (unpaired) electrons. The summed E-state index contributed by atoms with van der Waals surface area (Å²) in [6.45, 7) is 0. The van der Waals surface area contributed by atoms with Crippen LogP contribution in [0.4, 0.5) is 4.39 Å². The van der Waals surface area contributed by atoms with Crippen molar-refractivity contribution in [3.8, 4) is 0 Å². The third-order valence-corrected chi connectivity index (χ3v) is 2.93. The first-order chi connectivity index (χ1) is 6.09. The highest BCUT2D eigenvalue weighted by Gasteiger charge is 2.02. The second kappa shape index (κ2) is 4.62. The van der Waals surface area contributed by atoms with Gasteiger partial charge >= 0.3 is 0 Å². The summed E-state index contributed by atoms with van der Waals surface area (Å²) < 4.78 is 13.6. The Morgan fingerprint density at radius 1 is 1.62 bits per heavy atom. The average Bonchev–Trinajstić information content (AvgIpc) is 2.06. The normalized spacial score (nSPS) is 10.0. The van der Waals surface area contributed by atoms with E-state index in [0.717, 1.165) is 10.0 Å². The number of halogens is 2. The molecule has 3 N–H and O–H groups in total. The van der Waals surface area contributed by atoms with Crippen molar-refractivity contribution < 1.29 is 4.39 Å². The quantitative estimate of drug-likeness (QED) is 0.636. The van der Waals surface area contributed by atoms with Gasteiger partial charge in [-0.1, -0.05) is 27.7 Å². The zero-order valence-electron chi connectivity index (χ0n) is 6.68. The van der Waals surface area contributed by atoms with E-state index in [-0.39, 0.29) is 11.0 Å². The largest absolute Gasteiger partial charge is 0.379 e. The number of nitrogens with one attached hydrogen (secondary N) is 1. The lowest BCUT2D eigenvalue weighted by Crippen LogP contribution is -2.04. The molecule has 0 aliphatic carbocycles. The summed E-state index contributed by atoms with van der Waals surface area (Å²) in [6, 6.07) is 4.46. The number of hydrogen-bond acceptors (Lipinski definition) is 2. The summed E-state index contributed by atoms with van der Waals surface area (Å²) in [7, 11) is 0. The molecular formula is C8H8BrFN2S. The Morgan fingerprint density at radius 3 is 2.92 bits per heavy atom. The van der Waals surface area contributed by atoms with Crippen molar-refractivity contribution in [1.29, 1.82) is 5.41 Å². The number of rotatable bonds is 2. The van der Waals surface area contributed by atoms with Crippen LogP contribution >= 0.6 is 27.7 Å². The van der Waals surface area contributed by atoms with Crippen molar-refractivity contribution >= 4 is 32.9 Å². The molecule has 0 spiro atoms. The molecule has 0 aliphatic rings. The van der Waals surface area contributed by atoms with Gasteiger partial charge in [0, 0.05) is 10.2 Å². The molecule has 0 aromatic heterocycles. The van der Waals surface area contributed by atoms with Crippen LogP contribution in [-0.4, -0.2) is 5.17 Å². The van der Waals surface area contributed by atoms with E-state index in [1.54, 1.807) is 6.07 Å². The summed E-state index contributed by atoms with van der Waals surface area (Å²) in [6.07, 6.45) is 0. The molecule has 0 fully saturated rings. The molecule has 0 atom stereocenters. The topological polar surface area (TPSA) is 49.9 Å². The zero-order chi connectivity index (χ0) is 9.84. The summed E-state index contributed by atoms with van der Waals surface area (Å²) >= 11 is 4.46. The average molecular weight is 263 g/mol. The lowest BCUT2D eigenvalue weighted by atomic mass is 10.2. The highest BCUT2D eigenvalue weighted by atomic mass is 79.9. The predicted molar refractivity (Wildman–Crippen MR) is 57.3 cm³/mol. The van der Waals surface area contributed by atoms with Crippen LogP contribution in [0.3, 0.4) is 0 Å². The SMILES string of the molecule is N=C(N)SCc1cc(F)ccc1Br. The Balaban J connectivity index is 2.75. The third kappa shape index (κ3) is 3.36. The molecule has 1 rings (SSSR count). The van der Waals surface area contributed by atoms with E-state index in [2.05, 4.69) is 15.9 Å². The minimum absolute atomic E-state index is 0.0381. The molecule has 0 heterocycles. The molecule has 2 nitrogen and oxygen atoms in total. The van der Waals surface area contributed by atoms with Crippen LogP contribution in [0.2, 0.25) is 0 Å². The van der Waals surface area contributed by atoms with E-state index in [4.69, 9.17) is 11.1 Å². The van der Waals surface area contributed by atoms with Gasteiger partial charge in [-0.25, -0.2) is 4.39 Å². The number of amidine groups is 1. The lowest BCUT2D eigenvalue weighted by molar-refractivity contribution is 0.626. The number of nitrogens with two attached hydrogens (primary N) is 1. The Hall–Kier alpha value is -0.550. The molecule has 0 amide bonds. The smallest absolute Gasteiger partial charge is 0.151 e. The van der Waals surface area contributed by atoms with Crippen LogP contribution in [0.25, 0.3) is 0 Å². The Bertz CT molecular complexity index is 330. The highest BCUT2D eigenvalue weighted by Crippen LogP contribution is 2.22. The monoisotopic (exact) mass is 262 g/mol. The van der Waals surface area contributed by atoms with E-state index in [1.807, 2.05) is 0 Å². The van der Waals surface area contributed by atoms with Gasteiger partial charge in [-0.05, 0) is 23.8 Å². The minimum Gasteiger partial charge on any atom is -0.379 e. The molecule has 1 aromatic carbocycles. The molecule has 1 aromatic rings. The van der Waals surface area contributed by atoms with E-state index in [1.165, 1.54) is 23.9 Å². The fourth-order valence-corrected chi connectivity index (χ4v) is 1.93. The van der Waals surface area contributed by atoms with Crippen molar-refractivity contribution in [2.75, 3.05) is 0 Å².